The number of nitrogens with zero attached hydrogens (tertiary/aromatic N) is 2. The molecular formula is C22H24ClN3O5S. The monoisotopic (exact) mass is 477 g/mol. The standard InChI is InChI=1S/C22H24ClN3O5S/c23-19-7-6-16(15-20(19)32(29,30)26-10-12-31-13-11-26)21(27)24-18-5-3-4-17(14-18)22(28)25-8-1-2-9-25/h3-7,14-15H,1-2,8-13H2,(H,24,27). The predicted molar refractivity (Wildman–Crippen MR) is 121 cm³/mol. The number of ether oxygens (including phenoxy) is 1. The highest BCUT2D eigenvalue weighted by atomic mass is 35.5. The van der Waals surface area contributed by atoms with Crippen molar-refractivity contribution in [3.8, 4) is 0 Å². The zero-order valence-corrected chi connectivity index (χ0v) is 19.0. The molecule has 8 nitrogen and oxygen atoms in total. The Hall–Kier alpha value is -2.46. The normalized spacial score (nSPS) is 17.3. The third-order valence-corrected chi connectivity index (χ3v) is 7.92. The molecular weight excluding hydrogens is 454 g/mol. The molecule has 2 aliphatic rings. The highest BCUT2D eigenvalue weighted by Crippen LogP contribution is 2.27. The van der Waals surface area contributed by atoms with Gasteiger partial charge in [-0.1, -0.05) is 17.7 Å². The van der Waals surface area contributed by atoms with Crippen molar-refractivity contribution in [1.82, 2.24) is 9.21 Å². The number of rotatable bonds is 5. The fourth-order valence-corrected chi connectivity index (χ4v) is 5.71. The number of benzene rings is 2. The molecule has 4 rings (SSSR count). The lowest BCUT2D eigenvalue weighted by molar-refractivity contribution is 0.0730. The summed E-state index contributed by atoms with van der Waals surface area (Å²) < 4.78 is 32.5. The summed E-state index contributed by atoms with van der Waals surface area (Å²) in [6.45, 7) is 2.55. The molecule has 2 aromatic rings. The molecule has 0 atom stereocenters. The van der Waals surface area contributed by atoms with E-state index in [1.54, 1.807) is 29.2 Å². The van der Waals surface area contributed by atoms with Gasteiger partial charge in [-0.25, -0.2) is 8.42 Å². The summed E-state index contributed by atoms with van der Waals surface area (Å²) in [5.74, 6) is -0.560. The van der Waals surface area contributed by atoms with E-state index in [1.807, 2.05) is 0 Å². The summed E-state index contributed by atoms with van der Waals surface area (Å²) in [5.41, 5.74) is 1.10. The zero-order valence-electron chi connectivity index (χ0n) is 17.4. The molecule has 2 saturated heterocycles. The topological polar surface area (TPSA) is 96.0 Å². The number of likely N-dealkylation sites (tertiary alicyclic amines) is 1. The second-order valence-electron chi connectivity index (χ2n) is 7.70. The van der Waals surface area contributed by atoms with Gasteiger partial charge in [0.05, 0.1) is 18.2 Å². The van der Waals surface area contributed by atoms with Crippen LogP contribution in [0.5, 0.6) is 0 Å². The van der Waals surface area contributed by atoms with Crippen LogP contribution in [0.2, 0.25) is 5.02 Å². The van der Waals surface area contributed by atoms with E-state index in [0.29, 0.717) is 24.5 Å². The number of carbonyl (C=O) groups is 2. The van der Waals surface area contributed by atoms with Crippen molar-refractivity contribution in [1.29, 1.82) is 0 Å². The molecule has 0 aliphatic carbocycles. The Morgan fingerprint density at radius 3 is 2.38 bits per heavy atom. The lowest BCUT2D eigenvalue weighted by Crippen LogP contribution is -2.40. The van der Waals surface area contributed by atoms with Gasteiger partial charge in [0, 0.05) is 43.0 Å². The van der Waals surface area contributed by atoms with E-state index in [-0.39, 0.29) is 34.5 Å². The van der Waals surface area contributed by atoms with Crippen LogP contribution in [-0.2, 0) is 14.8 Å². The SMILES string of the molecule is O=C(Nc1cccc(C(=O)N2CCCC2)c1)c1ccc(Cl)c(S(=O)(=O)N2CCOCC2)c1. The van der Waals surface area contributed by atoms with Crippen LogP contribution in [0.3, 0.4) is 0 Å². The van der Waals surface area contributed by atoms with Crippen LogP contribution in [0.25, 0.3) is 0 Å². The highest BCUT2D eigenvalue weighted by molar-refractivity contribution is 7.89. The van der Waals surface area contributed by atoms with Gasteiger partial charge in [0.25, 0.3) is 11.8 Å². The molecule has 2 aliphatic heterocycles. The molecule has 0 unspecified atom stereocenters. The van der Waals surface area contributed by atoms with Crippen LogP contribution in [0.1, 0.15) is 33.6 Å². The first-order chi connectivity index (χ1) is 15.4. The molecule has 170 valence electrons. The van der Waals surface area contributed by atoms with E-state index in [0.717, 1.165) is 25.9 Å². The largest absolute Gasteiger partial charge is 0.379 e. The van der Waals surface area contributed by atoms with Crippen LogP contribution in [0, 0.1) is 0 Å². The molecule has 0 aromatic heterocycles. The molecule has 1 N–H and O–H groups in total. The van der Waals surface area contributed by atoms with Gasteiger partial charge < -0.3 is 15.0 Å². The lowest BCUT2D eigenvalue weighted by atomic mass is 10.1. The number of amides is 2. The Labute approximate surface area is 192 Å². The fraction of sp³-hybridized carbons (Fsp3) is 0.364. The summed E-state index contributed by atoms with van der Waals surface area (Å²) in [7, 11) is -3.86. The van der Waals surface area contributed by atoms with Crippen LogP contribution in [-0.4, -0.2) is 68.8 Å². The van der Waals surface area contributed by atoms with Crippen LogP contribution < -0.4 is 5.32 Å². The summed E-state index contributed by atoms with van der Waals surface area (Å²) in [6.07, 6.45) is 1.99. The van der Waals surface area contributed by atoms with Crippen molar-refractivity contribution in [2.45, 2.75) is 17.7 Å². The Morgan fingerprint density at radius 1 is 0.938 bits per heavy atom. The third-order valence-electron chi connectivity index (χ3n) is 5.54. The van der Waals surface area contributed by atoms with Gasteiger partial charge in [0.1, 0.15) is 4.90 Å². The van der Waals surface area contributed by atoms with Crippen LogP contribution in [0.15, 0.2) is 47.4 Å². The molecule has 2 amide bonds. The van der Waals surface area contributed by atoms with E-state index in [4.69, 9.17) is 16.3 Å². The van der Waals surface area contributed by atoms with Gasteiger partial charge in [-0.3, -0.25) is 9.59 Å². The number of hydrogen-bond donors (Lipinski definition) is 1. The Balaban J connectivity index is 1.53. The average Bonchev–Trinajstić information content (AvgIpc) is 3.34. The van der Waals surface area contributed by atoms with Crippen LogP contribution >= 0.6 is 11.6 Å². The van der Waals surface area contributed by atoms with Gasteiger partial charge in [0.2, 0.25) is 10.0 Å². The lowest BCUT2D eigenvalue weighted by Gasteiger charge is -2.26. The van der Waals surface area contributed by atoms with Crippen molar-refractivity contribution in [2.24, 2.45) is 0 Å². The first-order valence-electron chi connectivity index (χ1n) is 10.4. The van der Waals surface area contributed by atoms with E-state index in [1.165, 1.54) is 22.5 Å². The zero-order chi connectivity index (χ0) is 22.7. The molecule has 0 spiro atoms. The maximum absolute atomic E-state index is 13.0. The second kappa shape index (κ2) is 9.58. The molecule has 2 heterocycles. The number of morpholine rings is 1. The van der Waals surface area contributed by atoms with Gasteiger partial charge in [-0.15, -0.1) is 0 Å². The highest BCUT2D eigenvalue weighted by Gasteiger charge is 2.29. The first kappa shape index (κ1) is 22.7. The maximum atomic E-state index is 13.0. The van der Waals surface area contributed by atoms with E-state index in [9.17, 15) is 18.0 Å². The Bertz CT molecular complexity index is 1130. The fourth-order valence-electron chi connectivity index (χ4n) is 3.80. The minimum absolute atomic E-state index is 0.0475. The molecule has 2 aromatic carbocycles. The molecule has 2 fully saturated rings. The minimum atomic E-state index is -3.86. The number of hydrogen-bond acceptors (Lipinski definition) is 5. The summed E-state index contributed by atoms with van der Waals surface area (Å²) in [6, 6.07) is 10.9. The van der Waals surface area contributed by atoms with Gasteiger partial charge in [0.15, 0.2) is 0 Å². The first-order valence-corrected chi connectivity index (χ1v) is 12.3. The molecule has 32 heavy (non-hydrogen) atoms. The van der Waals surface area contributed by atoms with Gasteiger partial charge >= 0.3 is 0 Å². The van der Waals surface area contributed by atoms with Crippen molar-refractivity contribution in [3.05, 3.63) is 58.6 Å². The molecule has 0 saturated carbocycles. The number of anilines is 1. The predicted octanol–water partition coefficient (Wildman–Crippen LogP) is 2.85. The van der Waals surface area contributed by atoms with E-state index in [2.05, 4.69) is 5.32 Å². The molecule has 10 heteroatoms. The number of nitrogens with one attached hydrogen (secondary N) is 1. The van der Waals surface area contributed by atoms with E-state index < -0.39 is 15.9 Å². The molecule has 0 bridgehead atoms. The third kappa shape index (κ3) is 4.80. The number of halogens is 1. The quantitative estimate of drug-likeness (QED) is 0.714. The van der Waals surface area contributed by atoms with Crippen molar-refractivity contribution in [3.63, 3.8) is 0 Å². The van der Waals surface area contributed by atoms with Gasteiger partial charge in [-0.05, 0) is 49.2 Å². The van der Waals surface area contributed by atoms with Crippen molar-refractivity contribution < 1.29 is 22.7 Å². The second-order valence-corrected chi connectivity index (χ2v) is 10.0. The average molecular weight is 478 g/mol. The molecule has 0 radical (unpaired) electrons. The van der Waals surface area contributed by atoms with Crippen LogP contribution in [0.4, 0.5) is 5.69 Å². The summed E-state index contributed by atoms with van der Waals surface area (Å²) in [4.78, 5) is 27.1. The van der Waals surface area contributed by atoms with Crippen molar-refractivity contribution in [2.75, 3.05) is 44.7 Å². The maximum Gasteiger partial charge on any atom is 0.255 e. The minimum Gasteiger partial charge on any atom is -0.379 e. The summed E-state index contributed by atoms with van der Waals surface area (Å²) in [5, 5.41) is 2.79. The summed E-state index contributed by atoms with van der Waals surface area (Å²) >= 11 is 6.17. The van der Waals surface area contributed by atoms with Gasteiger partial charge in [-0.2, -0.15) is 4.31 Å². The van der Waals surface area contributed by atoms with E-state index >= 15 is 0 Å². The Kier molecular flexibility index (Phi) is 6.80. The number of sulfonamides is 1. The van der Waals surface area contributed by atoms with Crippen molar-refractivity contribution >= 4 is 39.1 Å². The number of carbonyl (C=O) groups excluding carboxylic acids is 2. The smallest absolute Gasteiger partial charge is 0.255 e. The Morgan fingerprint density at radius 2 is 1.66 bits per heavy atom.